The summed E-state index contributed by atoms with van der Waals surface area (Å²) in [6.45, 7) is 3.27. The topological polar surface area (TPSA) is 41.1 Å². The molecule has 2 N–H and O–H groups in total. The van der Waals surface area contributed by atoms with E-state index < -0.39 is 0 Å². The molecule has 1 aliphatic carbocycles. The minimum atomic E-state index is 0.0869. The molecule has 3 nitrogen and oxygen atoms in total. The zero-order valence-electron chi connectivity index (χ0n) is 10.3. The van der Waals surface area contributed by atoms with Crippen molar-refractivity contribution in [2.24, 2.45) is 5.92 Å². The van der Waals surface area contributed by atoms with Gasteiger partial charge in [-0.2, -0.15) is 0 Å². The molecule has 0 bridgehead atoms. The highest BCUT2D eigenvalue weighted by molar-refractivity contribution is 5.82. The van der Waals surface area contributed by atoms with E-state index in [0.29, 0.717) is 6.04 Å². The number of nitrogens with one attached hydrogen (secondary N) is 2. The Hall–Kier alpha value is -0.570. The van der Waals surface area contributed by atoms with Crippen molar-refractivity contribution in [2.45, 2.75) is 64.0 Å². The largest absolute Gasteiger partial charge is 0.352 e. The summed E-state index contributed by atoms with van der Waals surface area (Å²) in [5, 5.41) is 6.46. The van der Waals surface area contributed by atoms with Gasteiger partial charge in [-0.3, -0.25) is 4.79 Å². The van der Waals surface area contributed by atoms with Crippen LogP contribution in [0.5, 0.6) is 0 Å². The Bertz CT molecular complexity index is 228. The second-order valence-corrected chi connectivity index (χ2v) is 5.28. The lowest BCUT2D eigenvalue weighted by Gasteiger charge is -2.29. The van der Waals surface area contributed by atoms with Crippen LogP contribution in [-0.4, -0.2) is 24.5 Å². The summed E-state index contributed by atoms with van der Waals surface area (Å²) in [5.74, 6) is 1.13. The van der Waals surface area contributed by atoms with Crippen molar-refractivity contribution in [2.75, 3.05) is 6.54 Å². The highest BCUT2D eigenvalue weighted by Crippen LogP contribution is 2.26. The molecule has 1 amide bonds. The molecular formula is C13H24N2O. The fraction of sp³-hybridized carbons (Fsp3) is 0.923. The van der Waals surface area contributed by atoms with Gasteiger partial charge in [0.2, 0.25) is 5.91 Å². The summed E-state index contributed by atoms with van der Waals surface area (Å²) in [7, 11) is 0. The first-order valence-corrected chi connectivity index (χ1v) is 6.83. The Morgan fingerprint density at radius 3 is 2.56 bits per heavy atom. The molecule has 0 unspecified atom stereocenters. The number of carbonyl (C=O) groups is 1. The first-order chi connectivity index (χ1) is 7.79. The SMILES string of the molecule is CCC1CCC(NC(=O)[C@H]2CCCN2)CC1. The maximum absolute atomic E-state index is 11.9. The van der Waals surface area contributed by atoms with Crippen molar-refractivity contribution in [1.82, 2.24) is 10.6 Å². The first kappa shape index (κ1) is 11.9. The highest BCUT2D eigenvalue weighted by atomic mass is 16.2. The minimum Gasteiger partial charge on any atom is -0.352 e. The van der Waals surface area contributed by atoms with Gasteiger partial charge in [0.15, 0.2) is 0 Å². The van der Waals surface area contributed by atoms with Crippen LogP contribution >= 0.6 is 0 Å². The third kappa shape index (κ3) is 2.97. The maximum atomic E-state index is 11.9. The minimum absolute atomic E-state index is 0.0869. The van der Waals surface area contributed by atoms with Gasteiger partial charge in [0.25, 0.3) is 0 Å². The number of carbonyl (C=O) groups excluding carboxylic acids is 1. The normalized spacial score (nSPS) is 34.9. The molecule has 16 heavy (non-hydrogen) atoms. The lowest BCUT2D eigenvalue weighted by molar-refractivity contribution is -0.123. The number of rotatable bonds is 3. The van der Waals surface area contributed by atoms with Gasteiger partial charge in [0.1, 0.15) is 0 Å². The van der Waals surface area contributed by atoms with Crippen LogP contribution < -0.4 is 10.6 Å². The summed E-state index contributed by atoms with van der Waals surface area (Å²) >= 11 is 0. The zero-order valence-corrected chi connectivity index (χ0v) is 10.3. The van der Waals surface area contributed by atoms with E-state index in [1.165, 1.54) is 32.1 Å². The predicted molar refractivity (Wildman–Crippen MR) is 65.2 cm³/mol. The second kappa shape index (κ2) is 5.67. The first-order valence-electron chi connectivity index (χ1n) is 6.83. The fourth-order valence-electron chi connectivity index (χ4n) is 2.93. The molecule has 0 aromatic carbocycles. The third-order valence-corrected chi connectivity index (χ3v) is 4.15. The second-order valence-electron chi connectivity index (χ2n) is 5.28. The van der Waals surface area contributed by atoms with E-state index in [1.54, 1.807) is 0 Å². The molecule has 2 fully saturated rings. The molecule has 92 valence electrons. The summed E-state index contributed by atoms with van der Waals surface area (Å²) in [6, 6.07) is 0.529. The molecule has 0 aromatic rings. The van der Waals surface area contributed by atoms with E-state index in [-0.39, 0.29) is 11.9 Å². The van der Waals surface area contributed by atoms with Gasteiger partial charge in [0.05, 0.1) is 6.04 Å². The van der Waals surface area contributed by atoms with Crippen molar-refractivity contribution >= 4 is 5.91 Å². The van der Waals surface area contributed by atoms with Gasteiger partial charge < -0.3 is 10.6 Å². The standard InChI is InChI=1S/C13H24N2O/c1-2-10-5-7-11(8-6-10)15-13(16)12-4-3-9-14-12/h10-12,14H,2-9H2,1H3,(H,15,16)/t10?,11?,12-/m1/s1. The molecule has 0 radical (unpaired) electrons. The summed E-state index contributed by atoms with van der Waals surface area (Å²) < 4.78 is 0. The van der Waals surface area contributed by atoms with E-state index in [2.05, 4.69) is 17.6 Å². The van der Waals surface area contributed by atoms with Crippen molar-refractivity contribution in [3.8, 4) is 0 Å². The third-order valence-electron chi connectivity index (χ3n) is 4.15. The van der Waals surface area contributed by atoms with Gasteiger partial charge in [-0.05, 0) is 51.0 Å². The molecule has 1 aliphatic heterocycles. The summed E-state index contributed by atoms with van der Waals surface area (Å²) in [6.07, 6.45) is 8.38. The van der Waals surface area contributed by atoms with Gasteiger partial charge in [0, 0.05) is 6.04 Å². The van der Waals surface area contributed by atoms with E-state index in [4.69, 9.17) is 0 Å². The average molecular weight is 224 g/mol. The van der Waals surface area contributed by atoms with Crippen LogP contribution in [0.3, 0.4) is 0 Å². The van der Waals surface area contributed by atoms with E-state index in [9.17, 15) is 4.79 Å². The molecule has 1 saturated heterocycles. The smallest absolute Gasteiger partial charge is 0.237 e. The zero-order chi connectivity index (χ0) is 11.4. The molecule has 2 aliphatic rings. The average Bonchev–Trinajstić information content (AvgIpc) is 2.83. The number of hydrogen-bond donors (Lipinski definition) is 2. The Labute approximate surface area is 98.4 Å². The predicted octanol–water partition coefficient (Wildman–Crippen LogP) is 1.82. The Morgan fingerprint density at radius 2 is 2.00 bits per heavy atom. The van der Waals surface area contributed by atoms with Crippen LogP contribution in [-0.2, 0) is 4.79 Å². The van der Waals surface area contributed by atoms with E-state index in [0.717, 1.165) is 25.3 Å². The lowest BCUT2D eigenvalue weighted by Crippen LogP contribution is -2.46. The number of hydrogen-bond acceptors (Lipinski definition) is 2. The Morgan fingerprint density at radius 1 is 1.25 bits per heavy atom. The fourth-order valence-corrected chi connectivity index (χ4v) is 2.93. The van der Waals surface area contributed by atoms with Crippen molar-refractivity contribution < 1.29 is 4.79 Å². The van der Waals surface area contributed by atoms with E-state index in [1.807, 2.05) is 0 Å². The van der Waals surface area contributed by atoms with Crippen LogP contribution in [0.2, 0.25) is 0 Å². The maximum Gasteiger partial charge on any atom is 0.237 e. The highest BCUT2D eigenvalue weighted by Gasteiger charge is 2.26. The molecule has 1 saturated carbocycles. The van der Waals surface area contributed by atoms with Crippen LogP contribution in [0.4, 0.5) is 0 Å². The molecule has 0 spiro atoms. The molecule has 3 heteroatoms. The summed E-state index contributed by atoms with van der Waals surface area (Å²) in [4.78, 5) is 11.9. The molecule has 1 atom stereocenters. The van der Waals surface area contributed by atoms with Crippen LogP contribution in [0.15, 0.2) is 0 Å². The monoisotopic (exact) mass is 224 g/mol. The van der Waals surface area contributed by atoms with Crippen LogP contribution in [0.25, 0.3) is 0 Å². The molecule has 2 rings (SSSR count). The van der Waals surface area contributed by atoms with Gasteiger partial charge in [-0.25, -0.2) is 0 Å². The molecule has 0 aromatic heterocycles. The summed E-state index contributed by atoms with van der Waals surface area (Å²) in [5.41, 5.74) is 0. The molecule has 1 heterocycles. The van der Waals surface area contributed by atoms with Crippen LogP contribution in [0, 0.1) is 5.92 Å². The van der Waals surface area contributed by atoms with Gasteiger partial charge >= 0.3 is 0 Å². The Kier molecular flexibility index (Phi) is 4.22. The van der Waals surface area contributed by atoms with Crippen molar-refractivity contribution in [1.29, 1.82) is 0 Å². The van der Waals surface area contributed by atoms with Crippen molar-refractivity contribution in [3.63, 3.8) is 0 Å². The van der Waals surface area contributed by atoms with Crippen LogP contribution in [0.1, 0.15) is 51.9 Å². The quantitative estimate of drug-likeness (QED) is 0.768. The lowest BCUT2D eigenvalue weighted by atomic mass is 9.84. The van der Waals surface area contributed by atoms with Gasteiger partial charge in [-0.1, -0.05) is 13.3 Å². The van der Waals surface area contributed by atoms with Crippen molar-refractivity contribution in [3.05, 3.63) is 0 Å². The molecular weight excluding hydrogens is 200 g/mol. The Balaban J connectivity index is 1.71. The van der Waals surface area contributed by atoms with Gasteiger partial charge in [-0.15, -0.1) is 0 Å². The van der Waals surface area contributed by atoms with E-state index >= 15 is 0 Å². The number of amides is 1.